The average Bonchev–Trinajstić information content (AvgIpc) is 2.45. The predicted octanol–water partition coefficient (Wildman–Crippen LogP) is -0.221. The van der Waals surface area contributed by atoms with E-state index >= 15 is 0 Å². The molecule has 4 nitrogen and oxygen atoms in total. The van der Waals surface area contributed by atoms with Crippen molar-refractivity contribution < 1.29 is 15.0 Å². The van der Waals surface area contributed by atoms with E-state index in [1.165, 1.54) is 0 Å². The average molecular weight is 131 g/mol. The van der Waals surface area contributed by atoms with Crippen LogP contribution in [0.1, 0.15) is 12.8 Å². The Kier molecular flexibility index (Phi) is 1.32. The van der Waals surface area contributed by atoms with Crippen LogP contribution in [0.25, 0.3) is 0 Å². The van der Waals surface area contributed by atoms with Crippen molar-refractivity contribution in [1.82, 2.24) is 5.32 Å². The fourth-order valence-electron chi connectivity index (χ4n) is 0.561. The van der Waals surface area contributed by atoms with Gasteiger partial charge in [0.2, 0.25) is 0 Å². The van der Waals surface area contributed by atoms with E-state index in [1.807, 2.05) is 0 Å². The minimum absolute atomic E-state index is 0.169. The molecule has 0 aromatic heterocycles. The van der Waals surface area contributed by atoms with Crippen LogP contribution in [0.5, 0.6) is 0 Å². The van der Waals surface area contributed by atoms with Gasteiger partial charge >= 0.3 is 6.09 Å². The summed E-state index contributed by atoms with van der Waals surface area (Å²) in [6.45, 7) is 0.169. The van der Waals surface area contributed by atoms with Gasteiger partial charge in [0, 0.05) is 6.54 Å². The van der Waals surface area contributed by atoms with Crippen molar-refractivity contribution in [3.8, 4) is 0 Å². The van der Waals surface area contributed by atoms with Crippen molar-refractivity contribution in [1.29, 1.82) is 0 Å². The van der Waals surface area contributed by atoms with Crippen LogP contribution in [0.15, 0.2) is 0 Å². The molecule has 9 heavy (non-hydrogen) atoms. The molecule has 4 heteroatoms. The van der Waals surface area contributed by atoms with Crippen LogP contribution in [0.3, 0.4) is 0 Å². The standard InChI is InChI=1S/C5H9NO3/c7-4(8)6-3-5(9)1-2-5/h6,9H,1-3H2,(H,7,8). The van der Waals surface area contributed by atoms with Crippen molar-refractivity contribution in [3.63, 3.8) is 0 Å². The highest BCUT2D eigenvalue weighted by Crippen LogP contribution is 2.33. The van der Waals surface area contributed by atoms with Gasteiger partial charge < -0.3 is 15.5 Å². The Balaban J connectivity index is 2.12. The number of hydrogen-bond donors (Lipinski definition) is 3. The van der Waals surface area contributed by atoms with Crippen LogP contribution >= 0.6 is 0 Å². The summed E-state index contributed by atoms with van der Waals surface area (Å²) >= 11 is 0. The highest BCUT2D eigenvalue weighted by molar-refractivity contribution is 5.64. The van der Waals surface area contributed by atoms with Gasteiger partial charge in [0.15, 0.2) is 0 Å². The third kappa shape index (κ3) is 1.89. The van der Waals surface area contributed by atoms with Gasteiger partial charge in [-0.3, -0.25) is 0 Å². The van der Waals surface area contributed by atoms with E-state index in [-0.39, 0.29) is 6.54 Å². The van der Waals surface area contributed by atoms with E-state index in [4.69, 9.17) is 10.2 Å². The van der Waals surface area contributed by atoms with Crippen molar-refractivity contribution in [2.45, 2.75) is 18.4 Å². The second-order valence-corrected chi connectivity index (χ2v) is 2.38. The summed E-state index contributed by atoms with van der Waals surface area (Å²) in [6, 6.07) is 0. The molecule has 1 saturated carbocycles. The maximum atomic E-state index is 9.85. The SMILES string of the molecule is O=C(O)NCC1(O)CC1. The molecule has 0 aromatic rings. The highest BCUT2D eigenvalue weighted by Gasteiger charge is 2.40. The summed E-state index contributed by atoms with van der Waals surface area (Å²) in [6.07, 6.45) is 0.357. The fourth-order valence-corrected chi connectivity index (χ4v) is 0.561. The Morgan fingerprint density at radius 1 is 1.67 bits per heavy atom. The number of carbonyl (C=O) groups is 1. The van der Waals surface area contributed by atoms with E-state index in [9.17, 15) is 4.79 Å². The monoisotopic (exact) mass is 131 g/mol. The topological polar surface area (TPSA) is 69.6 Å². The Morgan fingerprint density at radius 3 is 2.56 bits per heavy atom. The van der Waals surface area contributed by atoms with Crippen LogP contribution in [-0.4, -0.2) is 28.5 Å². The molecular weight excluding hydrogens is 122 g/mol. The minimum atomic E-state index is -1.07. The van der Waals surface area contributed by atoms with Crippen molar-refractivity contribution in [2.75, 3.05) is 6.54 Å². The first-order valence-corrected chi connectivity index (χ1v) is 2.82. The first-order chi connectivity index (χ1) is 4.12. The molecule has 0 atom stereocenters. The first kappa shape index (κ1) is 6.35. The Hall–Kier alpha value is -0.770. The first-order valence-electron chi connectivity index (χ1n) is 2.82. The molecule has 0 aliphatic heterocycles. The molecule has 0 aromatic carbocycles. The molecule has 0 unspecified atom stereocenters. The minimum Gasteiger partial charge on any atom is -0.465 e. The molecule has 0 spiro atoms. The fraction of sp³-hybridized carbons (Fsp3) is 0.800. The maximum absolute atomic E-state index is 9.85. The molecule has 0 radical (unpaired) electrons. The molecule has 1 aliphatic carbocycles. The lowest BCUT2D eigenvalue weighted by atomic mass is 10.3. The van der Waals surface area contributed by atoms with Crippen molar-refractivity contribution in [2.24, 2.45) is 0 Å². The molecule has 0 saturated heterocycles. The van der Waals surface area contributed by atoms with Gasteiger partial charge in [-0.2, -0.15) is 0 Å². The number of rotatable bonds is 2. The van der Waals surface area contributed by atoms with Crippen molar-refractivity contribution in [3.05, 3.63) is 0 Å². The molecule has 0 bridgehead atoms. The third-order valence-electron chi connectivity index (χ3n) is 1.40. The second kappa shape index (κ2) is 1.88. The van der Waals surface area contributed by atoms with Crippen LogP contribution in [0.4, 0.5) is 4.79 Å². The number of nitrogens with one attached hydrogen (secondary N) is 1. The van der Waals surface area contributed by atoms with Gasteiger partial charge in [-0.1, -0.05) is 0 Å². The summed E-state index contributed by atoms with van der Waals surface area (Å²) in [5.41, 5.74) is -0.710. The summed E-state index contributed by atoms with van der Waals surface area (Å²) < 4.78 is 0. The Morgan fingerprint density at radius 2 is 2.22 bits per heavy atom. The van der Waals surface area contributed by atoms with Gasteiger partial charge in [0.05, 0.1) is 5.60 Å². The lowest BCUT2D eigenvalue weighted by Crippen LogP contribution is -2.31. The van der Waals surface area contributed by atoms with Crippen LogP contribution in [0, 0.1) is 0 Å². The summed E-state index contributed by atoms with van der Waals surface area (Å²) in [7, 11) is 0. The van der Waals surface area contributed by atoms with E-state index in [2.05, 4.69) is 5.32 Å². The summed E-state index contributed by atoms with van der Waals surface area (Å²) in [4.78, 5) is 9.85. The van der Waals surface area contributed by atoms with E-state index < -0.39 is 11.7 Å². The van der Waals surface area contributed by atoms with Gasteiger partial charge in [-0.25, -0.2) is 4.79 Å². The lowest BCUT2D eigenvalue weighted by Gasteiger charge is -2.04. The second-order valence-electron chi connectivity index (χ2n) is 2.38. The van der Waals surface area contributed by atoms with Gasteiger partial charge in [0.1, 0.15) is 0 Å². The highest BCUT2D eigenvalue weighted by atomic mass is 16.4. The maximum Gasteiger partial charge on any atom is 0.404 e. The van der Waals surface area contributed by atoms with Crippen LogP contribution in [-0.2, 0) is 0 Å². The number of carboxylic acid groups (broad SMARTS) is 1. The Labute approximate surface area is 52.5 Å². The number of hydrogen-bond acceptors (Lipinski definition) is 2. The van der Waals surface area contributed by atoms with E-state index in [0.29, 0.717) is 12.8 Å². The third-order valence-corrected chi connectivity index (χ3v) is 1.40. The molecule has 52 valence electrons. The predicted molar refractivity (Wildman–Crippen MR) is 30.2 cm³/mol. The zero-order valence-corrected chi connectivity index (χ0v) is 4.92. The van der Waals surface area contributed by atoms with Gasteiger partial charge in [-0.15, -0.1) is 0 Å². The zero-order chi connectivity index (χ0) is 6.91. The van der Waals surface area contributed by atoms with E-state index in [1.54, 1.807) is 0 Å². The van der Waals surface area contributed by atoms with Crippen molar-refractivity contribution >= 4 is 6.09 Å². The molecule has 3 N–H and O–H groups in total. The molecular formula is C5H9NO3. The van der Waals surface area contributed by atoms with Gasteiger partial charge in [0.25, 0.3) is 0 Å². The van der Waals surface area contributed by atoms with Crippen LogP contribution < -0.4 is 5.32 Å². The van der Waals surface area contributed by atoms with E-state index in [0.717, 1.165) is 0 Å². The lowest BCUT2D eigenvalue weighted by molar-refractivity contribution is 0.139. The molecule has 1 amide bonds. The van der Waals surface area contributed by atoms with Gasteiger partial charge in [-0.05, 0) is 12.8 Å². The molecule has 0 heterocycles. The Bertz CT molecular complexity index is 130. The molecule has 1 fully saturated rings. The summed E-state index contributed by atoms with van der Waals surface area (Å²) in [5.74, 6) is 0. The zero-order valence-electron chi connectivity index (χ0n) is 4.92. The number of amides is 1. The smallest absolute Gasteiger partial charge is 0.404 e. The molecule has 1 aliphatic rings. The quantitative estimate of drug-likeness (QED) is 0.485. The normalized spacial score (nSPS) is 21.0. The summed E-state index contributed by atoms with van der Waals surface area (Å²) in [5, 5.41) is 19.2. The molecule has 1 rings (SSSR count). The van der Waals surface area contributed by atoms with Crippen LogP contribution in [0.2, 0.25) is 0 Å². The largest absolute Gasteiger partial charge is 0.465 e. The number of aliphatic hydroxyl groups is 1.